The first-order valence-corrected chi connectivity index (χ1v) is 9.69. The molecule has 5 nitrogen and oxygen atoms in total. The number of hydrogen-bond acceptors (Lipinski definition) is 4. The molecular weight excluding hydrogens is 360 g/mol. The number of rotatable bonds is 6. The molecular formula is C24H24N4O. The van der Waals surface area contributed by atoms with Gasteiger partial charge in [0, 0.05) is 24.0 Å². The number of nitrogens with one attached hydrogen (secondary N) is 2. The predicted octanol–water partition coefficient (Wildman–Crippen LogP) is 4.44. The molecule has 4 aromatic rings. The van der Waals surface area contributed by atoms with Gasteiger partial charge in [0.05, 0.1) is 11.1 Å². The van der Waals surface area contributed by atoms with Crippen LogP contribution in [0.5, 0.6) is 0 Å². The van der Waals surface area contributed by atoms with Gasteiger partial charge in [-0.3, -0.25) is 4.79 Å². The Balaban J connectivity index is 1.71. The summed E-state index contributed by atoms with van der Waals surface area (Å²) in [6.07, 6.45) is 2.67. The van der Waals surface area contributed by atoms with Crippen LogP contribution in [0.4, 0.5) is 11.5 Å². The molecule has 2 heterocycles. The van der Waals surface area contributed by atoms with Gasteiger partial charge < -0.3 is 15.2 Å². The topological polar surface area (TPSA) is 61.0 Å². The Labute approximate surface area is 170 Å². The lowest BCUT2D eigenvalue weighted by Crippen LogP contribution is -2.15. The lowest BCUT2D eigenvalue weighted by molar-refractivity contribution is 0.413. The van der Waals surface area contributed by atoms with E-state index in [9.17, 15) is 4.79 Å². The Bertz CT molecular complexity index is 1170. The third-order valence-corrected chi connectivity index (χ3v) is 4.89. The van der Waals surface area contributed by atoms with E-state index >= 15 is 0 Å². The van der Waals surface area contributed by atoms with Crippen molar-refractivity contribution in [2.45, 2.75) is 6.42 Å². The minimum absolute atomic E-state index is 0.153. The number of fused-ring (bicyclic) bond motifs is 1. The summed E-state index contributed by atoms with van der Waals surface area (Å²) in [7, 11) is 4.15. The average molecular weight is 384 g/mol. The van der Waals surface area contributed by atoms with E-state index in [4.69, 9.17) is 4.98 Å². The van der Waals surface area contributed by atoms with Crippen molar-refractivity contribution in [1.82, 2.24) is 14.9 Å². The fourth-order valence-electron chi connectivity index (χ4n) is 3.31. The number of benzene rings is 2. The number of aromatic nitrogens is 2. The van der Waals surface area contributed by atoms with E-state index in [1.54, 1.807) is 6.20 Å². The fourth-order valence-corrected chi connectivity index (χ4v) is 3.31. The van der Waals surface area contributed by atoms with Gasteiger partial charge in [0.25, 0.3) is 5.56 Å². The van der Waals surface area contributed by atoms with Crippen molar-refractivity contribution >= 4 is 22.3 Å². The SMILES string of the molecule is CN(C)CCc1ccc(Nc2nc(-c3ccccc3)cc3cc[nH]c(=O)c23)cc1. The second kappa shape index (κ2) is 8.29. The van der Waals surface area contributed by atoms with E-state index in [0.29, 0.717) is 11.2 Å². The van der Waals surface area contributed by atoms with Gasteiger partial charge in [0.15, 0.2) is 0 Å². The maximum atomic E-state index is 12.5. The smallest absolute Gasteiger partial charge is 0.259 e. The highest BCUT2D eigenvalue weighted by molar-refractivity contribution is 5.95. The molecule has 146 valence electrons. The van der Waals surface area contributed by atoms with Crippen LogP contribution in [0.3, 0.4) is 0 Å². The molecule has 0 aliphatic heterocycles. The van der Waals surface area contributed by atoms with Gasteiger partial charge in [-0.25, -0.2) is 4.98 Å². The Morgan fingerprint density at radius 1 is 1.00 bits per heavy atom. The minimum atomic E-state index is -0.153. The lowest BCUT2D eigenvalue weighted by Gasteiger charge is -2.12. The summed E-state index contributed by atoms with van der Waals surface area (Å²) in [5.74, 6) is 0.559. The maximum Gasteiger partial charge on any atom is 0.259 e. The zero-order valence-electron chi connectivity index (χ0n) is 16.6. The third kappa shape index (κ3) is 4.36. The number of aromatic amines is 1. The van der Waals surface area contributed by atoms with Crippen LogP contribution in [-0.2, 0) is 6.42 Å². The average Bonchev–Trinajstić information content (AvgIpc) is 2.74. The van der Waals surface area contributed by atoms with Crippen LogP contribution in [0.2, 0.25) is 0 Å². The normalized spacial score (nSPS) is 11.1. The number of hydrogen-bond donors (Lipinski definition) is 2. The van der Waals surface area contributed by atoms with Crippen LogP contribution in [0.15, 0.2) is 77.7 Å². The van der Waals surface area contributed by atoms with E-state index in [2.05, 4.69) is 41.4 Å². The number of nitrogens with zero attached hydrogens (tertiary/aromatic N) is 2. The third-order valence-electron chi connectivity index (χ3n) is 4.89. The molecule has 2 N–H and O–H groups in total. The molecule has 0 aliphatic rings. The Hall–Kier alpha value is -3.44. The minimum Gasteiger partial charge on any atom is -0.340 e. The zero-order valence-corrected chi connectivity index (χ0v) is 16.6. The number of likely N-dealkylation sites (N-methyl/N-ethyl adjacent to an activating group) is 1. The number of pyridine rings is 2. The lowest BCUT2D eigenvalue weighted by atomic mass is 10.1. The highest BCUT2D eigenvalue weighted by Crippen LogP contribution is 2.27. The molecule has 4 rings (SSSR count). The van der Waals surface area contributed by atoms with Crippen LogP contribution < -0.4 is 10.9 Å². The molecule has 0 aliphatic carbocycles. The second-order valence-corrected chi connectivity index (χ2v) is 7.37. The van der Waals surface area contributed by atoms with Gasteiger partial charge in [0.2, 0.25) is 0 Å². The second-order valence-electron chi connectivity index (χ2n) is 7.37. The summed E-state index contributed by atoms with van der Waals surface area (Å²) >= 11 is 0. The summed E-state index contributed by atoms with van der Waals surface area (Å²) in [6.45, 7) is 1.01. The predicted molar refractivity (Wildman–Crippen MR) is 120 cm³/mol. The van der Waals surface area contributed by atoms with Crippen molar-refractivity contribution in [2.75, 3.05) is 26.0 Å². The summed E-state index contributed by atoms with van der Waals surface area (Å²) in [4.78, 5) is 22.2. The monoisotopic (exact) mass is 384 g/mol. The number of H-pyrrole nitrogens is 1. The van der Waals surface area contributed by atoms with Crippen molar-refractivity contribution in [3.63, 3.8) is 0 Å². The molecule has 2 aromatic heterocycles. The molecule has 0 bridgehead atoms. The molecule has 0 saturated carbocycles. The summed E-state index contributed by atoms with van der Waals surface area (Å²) < 4.78 is 0. The molecule has 0 radical (unpaired) electrons. The van der Waals surface area contributed by atoms with Gasteiger partial charge in [-0.2, -0.15) is 0 Å². The van der Waals surface area contributed by atoms with Gasteiger partial charge >= 0.3 is 0 Å². The first-order chi connectivity index (χ1) is 14.1. The van der Waals surface area contributed by atoms with Crippen molar-refractivity contribution in [2.24, 2.45) is 0 Å². The Morgan fingerprint density at radius 2 is 1.76 bits per heavy atom. The van der Waals surface area contributed by atoms with Gasteiger partial charge in [-0.1, -0.05) is 42.5 Å². The van der Waals surface area contributed by atoms with Gasteiger partial charge in [-0.05, 0) is 55.7 Å². The maximum absolute atomic E-state index is 12.5. The molecule has 0 unspecified atom stereocenters. The van der Waals surface area contributed by atoms with Crippen molar-refractivity contribution in [3.05, 3.63) is 88.8 Å². The molecule has 2 aromatic carbocycles. The molecule has 0 saturated heterocycles. The highest BCUT2D eigenvalue weighted by atomic mass is 16.1. The Kier molecular flexibility index (Phi) is 5.40. The standard InChI is InChI=1S/C24H24N4O/c1-28(2)15-13-17-8-10-20(11-9-17)26-23-22-19(12-14-25-24(22)29)16-21(27-23)18-6-4-3-5-7-18/h3-12,14,16H,13,15H2,1-2H3,(H,25,29)(H,26,27). The van der Waals surface area contributed by atoms with Gasteiger partial charge in [0.1, 0.15) is 5.82 Å². The molecule has 0 fully saturated rings. The largest absolute Gasteiger partial charge is 0.340 e. The molecule has 0 atom stereocenters. The molecule has 0 spiro atoms. The van der Waals surface area contributed by atoms with Crippen molar-refractivity contribution in [1.29, 1.82) is 0 Å². The van der Waals surface area contributed by atoms with Crippen LogP contribution in [-0.4, -0.2) is 35.5 Å². The van der Waals surface area contributed by atoms with Crippen molar-refractivity contribution in [3.8, 4) is 11.3 Å². The first kappa shape index (κ1) is 18.9. The highest BCUT2D eigenvalue weighted by Gasteiger charge is 2.11. The summed E-state index contributed by atoms with van der Waals surface area (Å²) in [6, 6.07) is 22.1. The first-order valence-electron chi connectivity index (χ1n) is 9.69. The molecule has 29 heavy (non-hydrogen) atoms. The Morgan fingerprint density at radius 3 is 2.48 bits per heavy atom. The quantitative estimate of drug-likeness (QED) is 0.516. The zero-order chi connectivity index (χ0) is 20.2. The summed E-state index contributed by atoms with van der Waals surface area (Å²) in [5.41, 5.74) is 3.86. The molecule has 0 amide bonds. The van der Waals surface area contributed by atoms with E-state index in [0.717, 1.165) is 35.3 Å². The van der Waals surface area contributed by atoms with E-state index < -0.39 is 0 Å². The van der Waals surface area contributed by atoms with E-state index in [-0.39, 0.29) is 5.56 Å². The van der Waals surface area contributed by atoms with Gasteiger partial charge in [-0.15, -0.1) is 0 Å². The van der Waals surface area contributed by atoms with Crippen LogP contribution in [0, 0.1) is 0 Å². The van der Waals surface area contributed by atoms with E-state index in [1.807, 2.05) is 54.6 Å². The van der Waals surface area contributed by atoms with Crippen LogP contribution in [0.1, 0.15) is 5.56 Å². The van der Waals surface area contributed by atoms with Crippen LogP contribution in [0.25, 0.3) is 22.0 Å². The molecule has 5 heteroatoms. The number of anilines is 2. The van der Waals surface area contributed by atoms with Crippen LogP contribution >= 0.6 is 0 Å². The summed E-state index contributed by atoms with van der Waals surface area (Å²) in [5, 5.41) is 4.76. The van der Waals surface area contributed by atoms with E-state index in [1.165, 1.54) is 5.56 Å². The van der Waals surface area contributed by atoms with Crippen molar-refractivity contribution < 1.29 is 0 Å². The fraction of sp³-hybridized carbons (Fsp3) is 0.167.